The summed E-state index contributed by atoms with van der Waals surface area (Å²) in [6.45, 7) is 5.71. The van der Waals surface area contributed by atoms with Crippen LogP contribution in [0.15, 0.2) is 37.0 Å². The van der Waals surface area contributed by atoms with E-state index in [1.807, 2.05) is 31.2 Å². The molecule has 0 aliphatic carbocycles. The summed E-state index contributed by atoms with van der Waals surface area (Å²) in [6.07, 6.45) is 3.53. The largest absolute Gasteiger partial charge is 0.399 e. The highest BCUT2D eigenvalue weighted by Gasteiger charge is 2.04. The van der Waals surface area contributed by atoms with Gasteiger partial charge in [-0.1, -0.05) is 18.7 Å². The predicted octanol–water partition coefficient (Wildman–Crippen LogP) is 2.68. The van der Waals surface area contributed by atoms with Crippen LogP contribution in [0.1, 0.15) is 11.3 Å². The molecule has 0 aliphatic rings. The molecule has 0 atom stereocenters. The first-order valence-electron chi connectivity index (χ1n) is 5.02. The number of hydrogen-bond acceptors (Lipinski definition) is 3. The Kier molecular flexibility index (Phi) is 2.68. The number of aromatic nitrogens is 2. The molecule has 80 valence electrons. The average molecular weight is 211 g/mol. The number of anilines is 1. The molecule has 0 saturated heterocycles. The zero-order valence-corrected chi connectivity index (χ0v) is 9.14. The van der Waals surface area contributed by atoms with Gasteiger partial charge in [0.15, 0.2) is 0 Å². The van der Waals surface area contributed by atoms with Gasteiger partial charge in [0.1, 0.15) is 0 Å². The van der Waals surface area contributed by atoms with E-state index in [2.05, 4.69) is 16.8 Å². The topological polar surface area (TPSA) is 51.8 Å². The highest BCUT2D eigenvalue weighted by Crippen LogP contribution is 2.25. The van der Waals surface area contributed by atoms with Gasteiger partial charge >= 0.3 is 0 Å². The molecular weight excluding hydrogens is 198 g/mol. The van der Waals surface area contributed by atoms with Gasteiger partial charge in [-0.15, -0.1) is 0 Å². The van der Waals surface area contributed by atoms with Crippen LogP contribution in [-0.4, -0.2) is 10.2 Å². The van der Waals surface area contributed by atoms with E-state index in [-0.39, 0.29) is 0 Å². The molecule has 16 heavy (non-hydrogen) atoms. The van der Waals surface area contributed by atoms with Gasteiger partial charge in [0, 0.05) is 11.3 Å². The first-order chi connectivity index (χ1) is 7.70. The van der Waals surface area contributed by atoms with Crippen molar-refractivity contribution >= 4 is 11.8 Å². The Hall–Kier alpha value is -2.16. The minimum Gasteiger partial charge on any atom is -0.399 e. The summed E-state index contributed by atoms with van der Waals surface area (Å²) in [5.41, 5.74) is 10.5. The molecule has 2 rings (SSSR count). The van der Waals surface area contributed by atoms with E-state index in [1.165, 1.54) is 0 Å². The van der Waals surface area contributed by atoms with Gasteiger partial charge in [-0.05, 0) is 36.2 Å². The number of nitrogens with zero attached hydrogens (tertiary/aromatic N) is 2. The number of aryl methyl sites for hydroxylation is 1. The first kappa shape index (κ1) is 10.4. The molecule has 0 radical (unpaired) electrons. The third kappa shape index (κ3) is 1.93. The SMILES string of the molecule is C=Cc1cc(N)ccc1-c1cnnc(C)c1. The van der Waals surface area contributed by atoms with Crippen LogP contribution in [0.4, 0.5) is 5.69 Å². The molecule has 0 saturated carbocycles. The van der Waals surface area contributed by atoms with Crippen LogP contribution in [0.5, 0.6) is 0 Å². The van der Waals surface area contributed by atoms with Crippen molar-refractivity contribution < 1.29 is 0 Å². The molecule has 2 N–H and O–H groups in total. The number of nitrogens with two attached hydrogens (primary N) is 1. The Morgan fingerprint density at radius 3 is 2.81 bits per heavy atom. The van der Waals surface area contributed by atoms with Crippen LogP contribution >= 0.6 is 0 Å². The quantitative estimate of drug-likeness (QED) is 0.777. The van der Waals surface area contributed by atoms with Crippen LogP contribution in [0.3, 0.4) is 0 Å². The molecule has 1 heterocycles. The lowest BCUT2D eigenvalue weighted by molar-refractivity contribution is 0.982. The second kappa shape index (κ2) is 4.14. The van der Waals surface area contributed by atoms with Gasteiger partial charge in [0.05, 0.1) is 11.9 Å². The minimum absolute atomic E-state index is 0.734. The molecular formula is C13H13N3. The normalized spacial score (nSPS) is 10.1. The van der Waals surface area contributed by atoms with E-state index in [0.717, 1.165) is 28.1 Å². The average Bonchev–Trinajstić information content (AvgIpc) is 2.28. The number of benzene rings is 1. The molecule has 0 amide bonds. The molecule has 0 unspecified atom stereocenters. The Balaban J connectivity index is 2.59. The predicted molar refractivity (Wildman–Crippen MR) is 66.7 cm³/mol. The summed E-state index contributed by atoms with van der Waals surface area (Å²) in [5, 5.41) is 7.88. The summed E-state index contributed by atoms with van der Waals surface area (Å²) < 4.78 is 0. The van der Waals surface area contributed by atoms with E-state index in [9.17, 15) is 0 Å². The third-order valence-electron chi connectivity index (χ3n) is 2.38. The summed E-state index contributed by atoms with van der Waals surface area (Å²) in [5.74, 6) is 0. The molecule has 0 fully saturated rings. The van der Waals surface area contributed by atoms with Crippen molar-refractivity contribution in [2.45, 2.75) is 6.92 Å². The van der Waals surface area contributed by atoms with Crippen LogP contribution in [0.2, 0.25) is 0 Å². The highest BCUT2D eigenvalue weighted by molar-refractivity contribution is 5.76. The first-order valence-corrected chi connectivity index (χ1v) is 5.02. The lowest BCUT2D eigenvalue weighted by Crippen LogP contribution is -1.91. The number of rotatable bonds is 2. The second-order valence-corrected chi connectivity index (χ2v) is 3.64. The van der Waals surface area contributed by atoms with Crippen molar-refractivity contribution in [2.75, 3.05) is 5.73 Å². The molecule has 0 spiro atoms. The van der Waals surface area contributed by atoms with Gasteiger partial charge in [0.2, 0.25) is 0 Å². The van der Waals surface area contributed by atoms with Crippen molar-refractivity contribution in [1.82, 2.24) is 10.2 Å². The lowest BCUT2D eigenvalue weighted by atomic mass is 10.0. The van der Waals surface area contributed by atoms with E-state index in [4.69, 9.17) is 5.73 Å². The van der Waals surface area contributed by atoms with Crippen molar-refractivity contribution in [3.05, 3.63) is 48.3 Å². The molecule has 3 nitrogen and oxygen atoms in total. The van der Waals surface area contributed by atoms with Crippen molar-refractivity contribution in [2.24, 2.45) is 0 Å². The summed E-state index contributed by atoms with van der Waals surface area (Å²) >= 11 is 0. The van der Waals surface area contributed by atoms with Crippen LogP contribution < -0.4 is 5.73 Å². The Morgan fingerprint density at radius 2 is 2.12 bits per heavy atom. The van der Waals surface area contributed by atoms with Gasteiger partial charge in [-0.3, -0.25) is 0 Å². The molecule has 3 heteroatoms. The van der Waals surface area contributed by atoms with E-state index in [0.29, 0.717) is 0 Å². The molecule has 2 aromatic rings. The smallest absolute Gasteiger partial charge is 0.0606 e. The fourth-order valence-corrected chi connectivity index (χ4v) is 1.63. The summed E-state index contributed by atoms with van der Waals surface area (Å²) in [6, 6.07) is 7.74. The Labute approximate surface area is 94.6 Å². The lowest BCUT2D eigenvalue weighted by Gasteiger charge is -2.07. The zero-order chi connectivity index (χ0) is 11.5. The molecule has 0 bridgehead atoms. The maximum absolute atomic E-state index is 5.74. The van der Waals surface area contributed by atoms with Crippen molar-refractivity contribution in [1.29, 1.82) is 0 Å². The Morgan fingerprint density at radius 1 is 1.31 bits per heavy atom. The monoisotopic (exact) mass is 211 g/mol. The van der Waals surface area contributed by atoms with Crippen molar-refractivity contribution in [3.8, 4) is 11.1 Å². The maximum Gasteiger partial charge on any atom is 0.0606 e. The number of nitrogen functional groups attached to an aromatic ring is 1. The van der Waals surface area contributed by atoms with E-state index < -0.39 is 0 Å². The van der Waals surface area contributed by atoms with Crippen LogP contribution in [0, 0.1) is 6.92 Å². The van der Waals surface area contributed by atoms with Crippen LogP contribution in [-0.2, 0) is 0 Å². The minimum atomic E-state index is 0.734. The summed E-state index contributed by atoms with van der Waals surface area (Å²) in [7, 11) is 0. The fourth-order valence-electron chi connectivity index (χ4n) is 1.63. The molecule has 0 aliphatic heterocycles. The number of hydrogen-bond donors (Lipinski definition) is 1. The van der Waals surface area contributed by atoms with Gasteiger partial charge in [0.25, 0.3) is 0 Å². The maximum atomic E-state index is 5.74. The van der Waals surface area contributed by atoms with Gasteiger partial charge in [-0.2, -0.15) is 10.2 Å². The van der Waals surface area contributed by atoms with Crippen LogP contribution in [0.25, 0.3) is 17.2 Å². The molecule has 1 aromatic heterocycles. The zero-order valence-electron chi connectivity index (χ0n) is 9.14. The third-order valence-corrected chi connectivity index (χ3v) is 2.38. The van der Waals surface area contributed by atoms with Gasteiger partial charge < -0.3 is 5.73 Å². The second-order valence-electron chi connectivity index (χ2n) is 3.64. The Bertz CT molecular complexity index is 532. The van der Waals surface area contributed by atoms with E-state index in [1.54, 1.807) is 12.3 Å². The molecule has 1 aromatic carbocycles. The standard InChI is InChI=1S/C13H13N3/c1-3-10-7-12(14)4-5-13(10)11-6-9(2)16-15-8-11/h3-8H,1,14H2,2H3. The van der Waals surface area contributed by atoms with Crippen molar-refractivity contribution in [3.63, 3.8) is 0 Å². The van der Waals surface area contributed by atoms with Gasteiger partial charge in [-0.25, -0.2) is 0 Å². The van der Waals surface area contributed by atoms with E-state index >= 15 is 0 Å². The fraction of sp³-hybridized carbons (Fsp3) is 0.0769. The highest BCUT2D eigenvalue weighted by atomic mass is 15.1. The summed E-state index contributed by atoms with van der Waals surface area (Å²) in [4.78, 5) is 0.